The van der Waals surface area contributed by atoms with Crippen LogP contribution in [0.4, 0.5) is 11.5 Å². The topological polar surface area (TPSA) is 126 Å². The third-order valence-corrected chi connectivity index (χ3v) is 6.27. The number of aromatic amines is 1. The van der Waals surface area contributed by atoms with Crippen molar-refractivity contribution < 1.29 is 4.79 Å². The smallest absolute Gasteiger partial charge is 0.253 e. The number of amides is 1. The van der Waals surface area contributed by atoms with Gasteiger partial charge in [-0.2, -0.15) is 0 Å². The van der Waals surface area contributed by atoms with Gasteiger partial charge in [0.15, 0.2) is 5.16 Å². The summed E-state index contributed by atoms with van der Waals surface area (Å²) in [5.74, 6) is 0.664. The standard InChI is InChI=1S/C21H27N7O2S/c22-19(31-21-26-17(13-18(29)27-21)28-10-8-24-9-11-28)15-2-1-3-16(12-15)25-20(30)14-4-6-23-7-5-14/h1-3,12-14,22-24H,4-11H2,(H,25,30)(H,26,27,29). The Kier molecular flexibility index (Phi) is 7.00. The fourth-order valence-corrected chi connectivity index (χ4v) is 4.48. The predicted molar refractivity (Wildman–Crippen MR) is 123 cm³/mol. The number of benzene rings is 1. The highest BCUT2D eigenvalue weighted by Gasteiger charge is 2.21. The molecule has 5 N–H and O–H groups in total. The molecule has 0 atom stereocenters. The van der Waals surface area contributed by atoms with E-state index in [1.807, 2.05) is 18.2 Å². The number of carbonyl (C=O) groups is 1. The molecule has 10 heteroatoms. The van der Waals surface area contributed by atoms with E-state index in [1.54, 1.807) is 6.07 Å². The minimum absolute atomic E-state index is 0.0146. The van der Waals surface area contributed by atoms with E-state index in [9.17, 15) is 9.59 Å². The van der Waals surface area contributed by atoms with E-state index in [4.69, 9.17) is 5.41 Å². The Bertz CT molecular complexity index is 997. The SMILES string of the molecule is N=C(Sc1nc(N2CCNCC2)cc(=O)[nH]1)c1cccc(NC(=O)C2CCNCC2)c1. The van der Waals surface area contributed by atoms with Crippen LogP contribution in [0.2, 0.25) is 0 Å². The number of piperidine rings is 1. The number of thioether (sulfide) groups is 1. The minimum atomic E-state index is -0.234. The molecule has 2 saturated heterocycles. The van der Waals surface area contributed by atoms with Crippen LogP contribution in [-0.4, -0.2) is 60.2 Å². The average molecular weight is 442 g/mol. The Labute approximate surface area is 184 Å². The first-order valence-corrected chi connectivity index (χ1v) is 11.4. The van der Waals surface area contributed by atoms with Crippen LogP contribution in [-0.2, 0) is 4.79 Å². The molecule has 0 aliphatic carbocycles. The third kappa shape index (κ3) is 5.72. The van der Waals surface area contributed by atoms with E-state index in [2.05, 4.69) is 30.8 Å². The van der Waals surface area contributed by atoms with Crippen LogP contribution in [0.3, 0.4) is 0 Å². The largest absolute Gasteiger partial charge is 0.354 e. The van der Waals surface area contributed by atoms with Crippen molar-refractivity contribution in [1.82, 2.24) is 20.6 Å². The van der Waals surface area contributed by atoms with E-state index >= 15 is 0 Å². The van der Waals surface area contributed by atoms with Gasteiger partial charge in [0.25, 0.3) is 5.56 Å². The molecule has 0 bridgehead atoms. The number of H-pyrrole nitrogens is 1. The summed E-state index contributed by atoms with van der Waals surface area (Å²) in [5, 5.41) is 18.6. The van der Waals surface area contributed by atoms with Gasteiger partial charge in [-0.1, -0.05) is 12.1 Å². The van der Waals surface area contributed by atoms with E-state index in [0.29, 0.717) is 22.2 Å². The van der Waals surface area contributed by atoms with Crippen molar-refractivity contribution in [2.24, 2.45) is 5.92 Å². The normalized spacial score (nSPS) is 17.4. The fraction of sp³-hybridized carbons (Fsp3) is 0.429. The second-order valence-electron chi connectivity index (χ2n) is 7.67. The zero-order valence-corrected chi connectivity index (χ0v) is 18.1. The number of hydrogen-bond acceptors (Lipinski definition) is 8. The van der Waals surface area contributed by atoms with Crippen molar-refractivity contribution in [3.8, 4) is 0 Å². The number of nitrogens with one attached hydrogen (secondary N) is 5. The molecule has 9 nitrogen and oxygen atoms in total. The maximum Gasteiger partial charge on any atom is 0.253 e. The zero-order chi connectivity index (χ0) is 21.6. The molecule has 1 aromatic heterocycles. The Balaban J connectivity index is 1.44. The molecule has 0 spiro atoms. The lowest BCUT2D eigenvalue weighted by Crippen LogP contribution is -2.44. The van der Waals surface area contributed by atoms with E-state index < -0.39 is 0 Å². The molecule has 2 aromatic rings. The predicted octanol–water partition coefficient (Wildman–Crippen LogP) is 1.24. The summed E-state index contributed by atoms with van der Waals surface area (Å²) in [6.45, 7) is 4.99. The van der Waals surface area contributed by atoms with Gasteiger partial charge in [-0.15, -0.1) is 0 Å². The summed E-state index contributed by atoms with van der Waals surface area (Å²) in [5.41, 5.74) is 1.09. The van der Waals surface area contributed by atoms with Crippen LogP contribution in [0, 0.1) is 11.3 Å². The molecule has 1 amide bonds. The van der Waals surface area contributed by atoms with Crippen molar-refractivity contribution in [3.05, 3.63) is 46.2 Å². The summed E-state index contributed by atoms with van der Waals surface area (Å²) in [6, 6.07) is 8.73. The van der Waals surface area contributed by atoms with Crippen molar-refractivity contribution in [2.45, 2.75) is 18.0 Å². The van der Waals surface area contributed by atoms with Gasteiger partial charge in [0.05, 0.1) is 0 Å². The van der Waals surface area contributed by atoms with Gasteiger partial charge in [0.2, 0.25) is 5.91 Å². The van der Waals surface area contributed by atoms with E-state index in [0.717, 1.165) is 63.9 Å². The number of piperazine rings is 1. The Morgan fingerprint density at radius 3 is 2.65 bits per heavy atom. The van der Waals surface area contributed by atoms with Gasteiger partial charge >= 0.3 is 0 Å². The molecule has 3 heterocycles. The Hall–Kier alpha value is -2.69. The summed E-state index contributed by atoms with van der Waals surface area (Å²) in [6.07, 6.45) is 1.67. The maximum atomic E-state index is 12.5. The lowest BCUT2D eigenvalue weighted by atomic mass is 9.97. The van der Waals surface area contributed by atoms with Gasteiger partial charge in [-0.3, -0.25) is 15.0 Å². The Morgan fingerprint density at radius 1 is 1.13 bits per heavy atom. The molecule has 2 aliphatic heterocycles. The summed E-state index contributed by atoms with van der Waals surface area (Å²) in [7, 11) is 0. The van der Waals surface area contributed by atoms with Crippen LogP contribution in [0.15, 0.2) is 40.3 Å². The number of anilines is 2. The third-order valence-electron chi connectivity index (χ3n) is 5.45. The summed E-state index contributed by atoms with van der Waals surface area (Å²) >= 11 is 1.10. The van der Waals surface area contributed by atoms with Gasteiger partial charge in [-0.05, 0) is 49.8 Å². The second kappa shape index (κ2) is 10.1. The van der Waals surface area contributed by atoms with Gasteiger partial charge < -0.3 is 25.8 Å². The summed E-state index contributed by atoms with van der Waals surface area (Å²) < 4.78 is 0. The summed E-state index contributed by atoms with van der Waals surface area (Å²) in [4.78, 5) is 34.0. The lowest BCUT2D eigenvalue weighted by Gasteiger charge is -2.28. The van der Waals surface area contributed by atoms with Crippen LogP contribution < -0.4 is 26.4 Å². The van der Waals surface area contributed by atoms with E-state index in [1.165, 1.54) is 6.07 Å². The highest BCUT2D eigenvalue weighted by molar-refractivity contribution is 8.14. The zero-order valence-electron chi connectivity index (χ0n) is 17.2. The second-order valence-corrected chi connectivity index (χ2v) is 8.67. The number of nitrogens with zero attached hydrogens (tertiary/aromatic N) is 2. The molecule has 31 heavy (non-hydrogen) atoms. The first-order valence-electron chi connectivity index (χ1n) is 10.5. The quantitative estimate of drug-likeness (QED) is 0.204. The van der Waals surface area contributed by atoms with Crippen LogP contribution in [0.1, 0.15) is 18.4 Å². The molecule has 0 saturated carbocycles. The van der Waals surface area contributed by atoms with E-state index in [-0.39, 0.29) is 22.4 Å². The van der Waals surface area contributed by atoms with Crippen LogP contribution >= 0.6 is 11.8 Å². The number of rotatable bonds is 5. The molecule has 0 unspecified atom stereocenters. The molecule has 0 radical (unpaired) electrons. The molecule has 164 valence electrons. The highest BCUT2D eigenvalue weighted by atomic mass is 32.2. The van der Waals surface area contributed by atoms with Crippen molar-refractivity contribution in [2.75, 3.05) is 49.5 Å². The van der Waals surface area contributed by atoms with Crippen molar-refractivity contribution in [3.63, 3.8) is 0 Å². The van der Waals surface area contributed by atoms with Crippen molar-refractivity contribution in [1.29, 1.82) is 5.41 Å². The monoisotopic (exact) mass is 441 g/mol. The van der Waals surface area contributed by atoms with Crippen molar-refractivity contribution >= 4 is 34.2 Å². The van der Waals surface area contributed by atoms with Gasteiger partial charge in [0.1, 0.15) is 10.9 Å². The van der Waals surface area contributed by atoms with Gasteiger partial charge in [0, 0.05) is 49.4 Å². The molecule has 2 aliphatic rings. The first kappa shape index (κ1) is 21.5. The number of carbonyl (C=O) groups excluding carboxylic acids is 1. The highest BCUT2D eigenvalue weighted by Crippen LogP contribution is 2.23. The van der Waals surface area contributed by atoms with Crippen LogP contribution in [0.5, 0.6) is 0 Å². The van der Waals surface area contributed by atoms with Crippen LogP contribution in [0.25, 0.3) is 0 Å². The first-order chi connectivity index (χ1) is 15.1. The average Bonchev–Trinajstić information content (AvgIpc) is 2.80. The molecular formula is C21H27N7O2S. The minimum Gasteiger partial charge on any atom is -0.354 e. The number of aromatic nitrogens is 2. The van der Waals surface area contributed by atoms with Gasteiger partial charge in [-0.25, -0.2) is 4.98 Å². The lowest BCUT2D eigenvalue weighted by molar-refractivity contribution is -0.120. The number of hydrogen-bond donors (Lipinski definition) is 5. The maximum absolute atomic E-state index is 12.5. The molecule has 1 aromatic carbocycles. The molecule has 2 fully saturated rings. The Morgan fingerprint density at radius 2 is 1.87 bits per heavy atom. The fourth-order valence-electron chi connectivity index (χ4n) is 3.75. The molecular weight excluding hydrogens is 414 g/mol. The molecule has 4 rings (SSSR count).